The van der Waals surface area contributed by atoms with Gasteiger partial charge in [-0.25, -0.2) is 8.10 Å². The number of nitrogens with one attached hydrogen (secondary N) is 2. The van der Waals surface area contributed by atoms with Crippen molar-refractivity contribution in [2.75, 3.05) is 50.1 Å². The summed E-state index contributed by atoms with van der Waals surface area (Å²) in [6.45, 7) is 3.00. The minimum absolute atomic E-state index is 0.0759. The molecule has 1 amide bonds. The van der Waals surface area contributed by atoms with Crippen LogP contribution in [0.4, 0.5) is 17.3 Å². The van der Waals surface area contributed by atoms with Crippen LogP contribution < -0.4 is 25.8 Å². The van der Waals surface area contributed by atoms with Gasteiger partial charge in [-0.3, -0.25) is 9.59 Å². The summed E-state index contributed by atoms with van der Waals surface area (Å²) in [7, 11) is 3.14. The molecule has 12 heteroatoms. The Morgan fingerprint density at radius 2 is 2.00 bits per heavy atom. The zero-order valence-electron chi connectivity index (χ0n) is 19.1. The number of carbonyl (C=O) groups excluding carboxylic acids is 1. The molecule has 1 saturated heterocycles. The molecular formula is C23H23ClIN7O3. The number of nitrogens with zero attached hydrogens (tertiary/aromatic N) is 5. The fourth-order valence-electron chi connectivity index (χ4n) is 3.77. The lowest BCUT2D eigenvalue weighted by Crippen LogP contribution is -2.42. The summed E-state index contributed by atoms with van der Waals surface area (Å²) in [6, 6.07) is 10.9. The van der Waals surface area contributed by atoms with Gasteiger partial charge in [0.1, 0.15) is 11.9 Å². The van der Waals surface area contributed by atoms with Crippen molar-refractivity contribution in [2.45, 2.75) is 0 Å². The number of pyridine rings is 2. The lowest BCUT2D eigenvalue weighted by molar-refractivity contribution is -0.122. The number of rotatable bonds is 6. The molecule has 4 rings (SSSR count). The maximum atomic E-state index is 12.6. The van der Waals surface area contributed by atoms with E-state index in [0.717, 1.165) is 31.6 Å². The Hall–Kier alpha value is -3.08. The van der Waals surface area contributed by atoms with E-state index in [1.54, 1.807) is 25.2 Å². The number of hydrogen-bond acceptors (Lipinski definition) is 8. The normalized spacial score (nSPS) is 14.0. The highest BCUT2D eigenvalue weighted by atomic mass is 127. The molecular weight excluding hydrogens is 585 g/mol. The monoisotopic (exact) mass is 607 g/mol. The van der Waals surface area contributed by atoms with Crippen LogP contribution in [-0.2, 0) is 11.8 Å². The SMILES string of the molecule is CNC(=O)COc1cc2cc(Nc3nc(N4CCN(I)CC4)c(C#N)cc3Cl)ccc2n(C)c1=O. The average Bonchev–Trinajstić information content (AvgIpc) is 2.86. The van der Waals surface area contributed by atoms with Crippen LogP contribution in [0.5, 0.6) is 5.75 Å². The third-order valence-corrected chi connectivity index (χ3v) is 6.95. The number of nitriles is 1. The molecule has 3 heterocycles. The van der Waals surface area contributed by atoms with Gasteiger partial charge >= 0.3 is 0 Å². The molecule has 2 N–H and O–H groups in total. The van der Waals surface area contributed by atoms with Gasteiger partial charge in [0, 0.05) is 74.2 Å². The van der Waals surface area contributed by atoms with Gasteiger partial charge in [-0.2, -0.15) is 5.26 Å². The van der Waals surface area contributed by atoms with Gasteiger partial charge in [0.2, 0.25) is 0 Å². The number of aryl methyl sites for hydroxylation is 1. The van der Waals surface area contributed by atoms with E-state index in [4.69, 9.17) is 16.3 Å². The first-order valence-electron chi connectivity index (χ1n) is 10.8. The molecule has 0 atom stereocenters. The van der Waals surface area contributed by atoms with Crippen molar-refractivity contribution in [1.29, 1.82) is 5.26 Å². The number of halogens is 2. The third kappa shape index (κ3) is 5.44. The number of likely N-dealkylation sites (N-methyl/N-ethyl adjacent to an activating group) is 1. The smallest absolute Gasteiger partial charge is 0.293 e. The number of amides is 1. The average molecular weight is 608 g/mol. The van der Waals surface area contributed by atoms with Crippen LogP contribution in [0.3, 0.4) is 0 Å². The van der Waals surface area contributed by atoms with Crippen LogP contribution >= 0.6 is 34.5 Å². The molecule has 2 aromatic heterocycles. The van der Waals surface area contributed by atoms with Gasteiger partial charge in [-0.05, 0) is 30.3 Å². The van der Waals surface area contributed by atoms with Crippen LogP contribution in [-0.4, -0.2) is 58.4 Å². The molecule has 35 heavy (non-hydrogen) atoms. The Bertz CT molecular complexity index is 1380. The maximum absolute atomic E-state index is 12.6. The van der Waals surface area contributed by atoms with Gasteiger partial charge in [0.15, 0.2) is 18.2 Å². The van der Waals surface area contributed by atoms with Gasteiger partial charge in [-0.15, -0.1) is 0 Å². The highest BCUT2D eigenvalue weighted by Gasteiger charge is 2.21. The Morgan fingerprint density at radius 1 is 1.26 bits per heavy atom. The van der Waals surface area contributed by atoms with Crippen LogP contribution in [0.25, 0.3) is 10.9 Å². The number of piperazine rings is 1. The van der Waals surface area contributed by atoms with E-state index in [9.17, 15) is 14.9 Å². The molecule has 0 radical (unpaired) electrons. The summed E-state index contributed by atoms with van der Waals surface area (Å²) >= 11 is 8.75. The quantitative estimate of drug-likeness (QED) is 0.325. The van der Waals surface area contributed by atoms with Crippen molar-refractivity contribution >= 4 is 68.6 Å². The van der Waals surface area contributed by atoms with Crippen molar-refractivity contribution in [3.8, 4) is 11.8 Å². The molecule has 182 valence electrons. The van der Waals surface area contributed by atoms with Crippen LogP contribution in [0.2, 0.25) is 5.02 Å². The second-order valence-corrected chi connectivity index (χ2v) is 9.70. The first-order chi connectivity index (χ1) is 16.8. The second-order valence-electron chi connectivity index (χ2n) is 7.93. The molecule has 0 saturated carbocycles. The summed E-state index contributed by atoms with van der Waals surface area (Å²) in [5.74, 6) is 0.765. The Balaban J connectivity index is 1.66. The number of aromatic nitrogens is 2. The zero-order valence-corrected chi connectivity index (χ0v) is 22.1. The molecule has 1 aromatic carbocycles. The van der Waals surface area contributed by atoms with Crippen LogP contribution in [0.15, 0.2) is 35.1 Å². The topological polar surface area (TPSA) is 116 Å². The van der Waals surface area contributed by atoms with Crippen molar-refractivity contribution in [2.24, 2.45) is 7.05 Å². The standard InChI is InChI=1S/C23H23ClIN7O3/c1-27-20(33)13-35-19-11-14-9-16(3-4-18(14)30(2)23(19)34)28-21-17(24)10-15(12-26)22(29-21)31-5-7-32(25)8-6-31/h3-4,9-11H,5-8,13H2,1-2H3,(H,27,33)(H,28,29). The maximum Gasteiger partial charge on any atom is 0.293 e. The number of ether oxygens (including phenoxy) is 1. The van der Waals surface area contributed by atoms with Crippen molar-refractivity contribution in [3.05, 3.63) is 51.3 Å². The van der Waals surface area contributed by atoms with E-state index in [1.807, 2.05) is 12.1 Å². The Labute approximate surface area is 220 Å². The molecule has 0 spiro atoms. The molecule has 0 bridgehead atoms. The van der Waals surface area contributed by atoms with Gasteiger partial charge in [0.05, 0.1) is 16.1 Å². The van der Waals surface area contributed by atoms with Crippen LogP contribution in [0.1, 0.15) is 5.56 Å². The summed E-state index contributed by atoms with van der Waals surface area (Å²) in [5.41, 5.74) is 1.48. The summed E-state index contributed by atoms with van der Waals surface area (Å²) in [4.78, 5) is 30.9. The molecule has 1 aliphatic rings. The van der Waals surface area contributed by atoms with E-state index >= 15 is 0 Å². The number of hydrogen-bond donors (Lipinski definition) is 2. The highest BCUT2D eigenvalue weighted by Crippen LogP contribution is 2.31. The predicted octanol–water partition coefficient (Wildman–Crippen LogP) is 2.80. The number of fused-ring (bicyclic) bond motifs is 1. The molecule has 1 aliphatic heterocycles. The van der Waals surface area contributed by atoms with E-state index in [1.165, 1.54) is 11.6 Å². The minimum atomic E-state index is -0.338. The van der Waals surface area contributed by atoms with Crippen molar-refractivity contribution in [1.82, 2.24) is 18.0 Å². The van der Waals surface area contributed by atoms with Gasteiger partial charge in [0.25, 0.3) is 11.5 Å². The van der Waals surface area contributed by atoms with E-state index < -0.39 is 0 Å². The molecule has 3 aromatic rings. The van der Waals surface area contributed by atoms with Gasteiger partial charge < -0.3 is 24.8 Å². The van der Waals surface area contributed by atoms with Gasteiger partial charge in [-0.1, -0.05) is 11.6 Å². The summed E-state index contributed by atoms with van der Waals surface area (Å²) in [5, 5.41) is 16.4. The molecule has 10 nitrogen and oxygen atoms in total. The largest absolute Gasteiger partial charge is 0.478 e. The molecule has 1 fully saturated rings. The lowest BCUT2D eigenvalue weighted by Gasteiger charge is -2.32. The zero-order chi connectivity index (χ0) is 25.1. The summed E-state index contributed by atoms with van der Waals surface area (Å²) in [6.07, 6.45) is 0. The lowest BCUT2D eigenvalue weighted by atomic mass is 10.1. The number of benzene rings is 1. The fourth-order valence-corrected chi connectivity index (χ4v) is 4.40. The Morgan fingerprint density at radius 3 is 2.69 bits per heavy atom. The van der Waals surface area contributed by atoms with Crippen molar-refractivity contribution in [3.63, 3.8) is 0 Å². The minimum Gasteiger partial charge on any atom is -0.478 e. The first-order valence-corrected chi connectivity index (χ1v) is 12.2. The van der Waals surface area contributed by atoms with Crippen molar-refractivity contribution < 1.29 is 9.53 Å². The van der Waals surface area contributed by atoms with Crippen LogP contribution in [0, 0.1) is 11.3 Å². The third-order valence-electron chi connectivity index (χ3n) is 5.69. The fraction of sp³-hybridized carbons (Fsp3) is 0.304. The highest BCUT2D eigenvalue weighted by molar-refractivity contribution is 14.1. The molecule has 0 unspecified atom stereocenters. The van der Waals surface area contributed by atoms with E-state index in [-0.39, 0.29) is 23.8 Å². The second kappa shape index (κ2) is 10.7. The number of carbonyl (C=O) groups is 1. The number of anilines is 3. The molecule has 0 aliphatic carbocycles. The van der Waals surface area contributed by atoms with E-state index in [0.29, 0.717) is 33.4 Å². The Kier molecular flexibility index (Phi) is 7.63. The predicted molar refractivity (Wildman–Crippen MR) is 144 cm³/mol. The van der Waals surface area contributed by atoms with E-state index in [2.05, 4.69) is 52.6 Å². The summed E-state index contributed by atoms with van der Waals surface area (Å²) < 4.78 is 9.10. The first kappa shape index (κ1) is 25.0.